The first-order valence-corrected chi connectivity index (χ1v) is 29.0. The van der Waals surface area contributed by atoms with Crippen LogP contribution in [0.1, 0.15) is 107 Å². The molecule has 1 heterocycles. The molecule has 11 amide bonds. The van der Waals surface area contributed by atoms with Crippen LogP contribution in [0.25, 0.3) is 0 Å². The molecule has 26 heteroatoms. The fourth-order valence-electron chi connectivity index (χ4n) is 8.40. The minimum Gasteiger partial charge on any atom is -0.394 e. The lowest BCUT2D eigenvalue weighted by Gasteiger charge is -2.31. The molecule has 1 aliphatic rings. The van der Waals surface area contributed by atoms with Crippen LogP contribution >= 0.6 is 11.8 Å². The number of hydrogen-bond donors (Lipinski definition) is 14. The van der Waals surface area contributed by atoms with E-state index in [1.165, 1.54) is 25.6 Å². The van der Waals surface area contributed by atoms with Crippen molar-refractivity contribution < 1.29 is 63.0 Å². The van der Waals surface area contributed by atoms with Gasteiger partial charge in [-0.1, -0.05) is 111 Å². The van der Waals surface area contributed by atoms with Crippen LogP contribution in [0.3, 0.4) is 0 Å². The summed E-state index contributed by atoms with van der Waals surface area (Å²) in [4.78, 5) is 150. The van der Waals surface area contributed by atoms with Crippen molar-refractivity contribution in [3.63, 3.8) is 0 Å². The van der Waals surface area contributed by atoms with Crippen molar-refractivity contribution in [1.29, 1.82) is 0 Å². The van der Waals surface area contributed by atoms with Crippen LogP contribution in [0.4, 0.5) is 0 Å². The number of benzene rings is 1. The summed E-state index contributed by atoms with van der Waals surface area (Å²) in [7, 11) is 1.62. The lowest BCUT2D eigenvalue weighted by Crippen LogP contribution is -2.64. The molecule has 1 aliphatic heterocycles. The third kappa shape index (κ3) is 21.6. The van der Waals surface area contributed by atoms with Crippen LogP contribution in [0.15, 0.2) is 30.3 Å². The van der Waals surface area contributed by atoms with Crippen molar-refractivity contribution in [1.82, 2.24) is 63.8 Å². The molecule has 2 rings (SSSR count). The average molecular weight is 1150 g/mol. The number of nitrogens with one attached hydrogen (secondary N) is 12. The molecule has 1 aromatic rings. The van der Waals surface area contributed by atoms with Gasteiger partial charge in [-0.25, -0.2) is 0 Å². The van der Waals surface area contributed by atoms with Gasteiger partial charge in [-0.2, -0.15) is 11.8 Å². The minimum absolute atomic E-state index is 0.229. The first-order valence-electron chi connectivity index (χ1n) is 27.6. The Morgan fingerprint density at radius 2 is 1.10 bits per heavy atom. The van der Waals surface area contributed by atoms with Crippen molar-refractivity contribution in [2.75, 3.05) is 38.8 Å². The third-order valence-electron chi connectivity index (χ3n) is 14.6. The SMILES string of the molecule is CC[C@@H](C)[C@@H](NC(=O)CNC(=O)[C@H](CO)NC(=O)[C@@H](NC(=O)[C@@H](Cc1ccccc1)NC)[C@@H](C)CC)C(=O)N[C@H](C(=O)N[C@@H](CO)C(=O)N[C@H]1C(=O)N[C@@H](C)C(=O)N[C@@H](CCSC)C(=O)N[C@@H]([C@@H](C)CC)C(=O)N[C@H]1C)[C@@H](C)CC. The highest BCUT2D eigenvalue weighted by molar-refractivity contribution is 7.98. The highest BCUT2D eigenvalue weighted by Gasteiger charge is 2.39. The first-order chi connectivity index (χ1) is 37.9. The van der Waals surface area contributed by atoms with Crippen LogP contribution in [-0.4, -0.2) is 180 Å². The molecule has 450 valence electrons. The Labute approximate surface area is 474 Å². The quantitative estimate of drug-likeness (QED) is 0.0387. The predicted molar refractivity (Wildman–Crippen MR) is 302 cm³/mol. The van der Waals surface area contributed by atoms with Gasteiger partial charge in [0.05, 0.1) is 31.8 Å². The summed E-state index contributed by atoms with van der Waals surface area (Å²) in [6.07, 6.45) is 4.01. The summed E-state index contributed by atoms with van der Waals surface area (Å²) in [6, 6.07) is -4.55. The minimum atomic E-state index is -1.73. The Balaban J connectivity index is 2.25. The number of aliphatic hydroxyl groups excluding tert-OH is 2. The maximum atomic E-state index is 14.1. The Morgan fingerprint density at radius 3 is 1.60 bits per heavy atom. The van der Waals surface area contributed by atoms with E-state index in [4.69, 9.17) is 0 Å². The molecule has 1 fully saturated rings. The van der Waals surface area contributed by atoms with E-state index >= 15 is 0 Å². The molecule has 1 saturated heterocycles. The number of aliphatic hydroxyl groups is 2. The molecule has 0 aliphatic carbocycles. The first kappa shape index (κ1) is 69.7. The average Bonchev–Trinajstić information content (AvgIpc) is 3.44. The summed E-state index contributed by atoms with van der Waals surface area (Å²) in [5.41, 5.74) is 0.890. The molecule has 15 atom stereocenters. The Kier molecular flexibility index (Phi) is 30.8. The third-order valence-corrected chi connectivity index (χ3v) is 15.3. The Hall–Kier alpha value is -6.38. The zero-order chi connectivity index (χ0) is 60.4. The molecule has 0 spiro atoms. The molecule has 0 saturated carbocycles. The monoisotopic (exact) mass is 1150 g/mol. The molecule has 25 nitrogen and oxygen atoms in total. The van der Waals surface area contributed by atoms with E-state index in [1.54, 1.807) is 48.6 Å². The van der Waals surface area contributed by atoms with Gasteiger partial charge in [0.25, 0.3) is 0 Å². The van der Waals surface area contributed by atoms with Gasteiger partial charge >= 0.3 is 0 Å². The van der Waals surface area contributed by atoms with E-state index in [0.717, 1.165) is 5.56 Å². The molecule has 0 aromatic heterocycles. The smallest absolute Gasteiger partial charge is 0.245 e. The second-order valence-corrected chi connectivity index (χ2v) is 21.6. The number of carbonyl (C=O) groups is 11. The molecule has 0 bridgehead atoms. The van der Waals surface area contributed by atoms with Crippen molar-refractivity contribution in [2.24, 2.45) is 23.7 Å². The summed E-state index contributed by atoms with van der Waals surface area (Å²) >= 11 is 1.45. The summed E-state index contributed by atoms with van der Waals surface area (Å²) < 4.78 is 0. The van der Waals surface area contributed by atoms with Gasteiger partial charge in [0, 0.05) is 0 Å². The number of rotatable bonds is 30. The number of amides is 11. The standard InChI is InChI=1S/C54H90N12O13S/c1-13-28(5)40(62-39(69)25-56-46(71)37(26-67)60-51(76)42(30(7)15-3)64-48(73)36(55-11)24-34-20-18-17-19-21-34)53(78)65-43(31(8)16-4)52(77)61-38(27-68)49(74)66-44-32(9)57-50(75)41(29(6)14-2)63-47(72)35(22-23-80-12)59-45(70)33(10)58-54(44)79/h17-21,28-33,35-38,40-44,55,67-68H,13-16,22-27H2,1-12H3,(H,56,71)(H,57,75)(H,58,79)(H,59,70)(H,60,76)(H,61,77)(H,62,69)(H,63,72)(H,64,73)(H,65,78)(H,66,74)/t28-,29+,30+,31+,32+,33+,35+,36-,37+,38+,40-,41+,42+,43+,44-/m1/s1. The van der Waals surface area contributed by atoms with E-state index in [0.29, 0.717) is 37.9 Å². The lowest BCUT2D eigenvalue weighted by molar-refractivity contribution is -0.137. The topological polar surface area (TPSA) is 373 Å². The van der Waals surface area contributed by atoms with Gasteiger partial charge in [-0.3, -0.25) is 52.7 Å². The molecule has 0 unspecified atom stereocenters. The van der Waals surface area contributed by atoms with Crippen LogP contribution in [0.5, 0.6) is 0 Å². The van der Waals surface area contributed by atoms with E-state index in [2.05, 4.69) is 63.8 Å². The van der Waals surface area contributed by atoms with E-state index in [9.17, 15) is 63.0 Å². The second-order valence-electron chi connectivity index (χ2n) is 20.6. The van der Waals surface area contributed by atoms with Gasteiger partial charge < -0.3 is 74.0 Å². The van der Waals surface area contributed by atoms with Crippen molar-refractivity contribution in [2.45, 2.75) is 174 Å². The van der Waals surface area contributed by atoms with Crippen LogP contribution < -0.4 is 63.8 Å². The van der Waals surface area contributed by atoms with Gasteiger partial charge in [0.15, 0.2) is 0 Å². The highest BCUT2D eigenvalue weighted by atomic mass is 32.2. The molecule has 0 radical (unpaired) electrons. The van der Waals surface area contributed by atoms with Crippen molar-refractivity contribution in [3.8, 4) is 0 Å². The number of likely N-dealkylation sites (N-methyl/N-ethyl adjacent to an activating group) is 1. The van der Waals surface area contributed by atoms with Crippen LogP contribution in [-0.2, 0) is 59.2 Å². The largest absolute Gasteiger partial charge is 0.394 e. The fourth-order valence-corrected chi connectivity index (χ4v) is 8.87. The zero-order valence-corrected chi connectivity index (χ0v) is 49.2. The van der Waals surface area contributed by atoms with Crippen LogP contribution in [0.2, 0.25) is 0 Å². The van der Waals surface area contributed by atoms with Gasteiger partial charge in [-0.05, 0) is 75.0 Å². The maximum absolute atomic E-state index is 14.1. The van der Waals surface area contributed by atoms with Crippen LogP contribution in [0, 0.1) is 23.7 Å². The molecule has 14 N–H and O–H groups in total. The molecule has 1 aromatic carbocycles. The normalized spacial score (nSPS) is 21.7. The van der Waals surface area contributed by atoms with Gasteiger partial charge in [0.1, 0.15) is 54.4 Å². The lowest BCUT2D eigenvalue weighted by atomic mass is 9.94. The second kappa shape index (κ2) is 35.4. The number of carbonyl (C=O) groups excluding carboxylic acids is 11. The van der Waals surface area contributed by atoms with Crippen molar-refractivity contribution in [3.05, 3.63) is 35.9 Å². The van der Waals surface area contributed by atoms with Crippen molar-refractivity contribution >= 4 is 76.7 Å². The Bertz CT molecular complexity index is 2250. The highest BCUT2D eigenvalue weighted by Crippen LogP contribution is 2.16. The summed E-state index contributed by atoms with van der Waals surface area (Å²) in [5, 5.41) is 52.0. The predicted octanol–water partition coefficient (Wildman–Crippen LogP) is -2.24. The number of hydrogen-bond acceptors (Lipinski definition) is 15. The maximum Gasteiger partial charge on any atom is 0.245 e. The number of thioether (sulfide) groups is 1. The Morgan fingerprint density at radius 1 is 0.588 bits per heavy atom. The van der Waals surface area contributed by atoms with Gasteiger partial charge in [-0.15, -0.1) is 0 Å². The molecular formula is C54H90N12O13S. The van der Waals surface area contributed by atoms with E-state index in [-0.39, 0.29) is 12.3 Å². The summed E-state index contributed by atoms with van der Waals surface area (Å²) in [5.74, 6) is -10.1. The molecule has 80 heavy (non-hydrogen) atoms. The van der Waals surface area contributed by atoms with Gasteiger partial charge in [0.2, 0.25) is 65.0 Å². The summed E-state index contributed by atoms with van der Waals surface area (Å²) in [6.45, 7) is 14.2. The fraction of sp³-hybridized carbons (Fsp3) is 0.685. The van der Waals surface area contributed by atoms with E-state index in [1.807, 2.05) is 50.4 Å². The zero-order valence-electron chi connectivity index (χ0n) is 48.4. The van der Waals surface area contributed by atoms with E-state index < -0.39 is 169 Å². The molecular weight excluding hydrogens is 1060 g/mol.